The maximum Gasteiger partial charge on any atom is 0.326 e. The molecule has 0 aromatic heterocycles. The van der Waals surface area contributed by atoms with Gasteiger partial charge in [-0.2, -0.15) is 0 Å². The van der Waals surface area contributed by atoms with Gasteiger partial charge in [-0.15, -0.1) is 0 Å². The molecule has 0 saturated carbocycles. The van der Waals surface area contributed by atoms with Crippen molar-refractivity contribution in [2.24, 2.45) is 5.73 Å². The molecule has 26 heavy (non-hydrogen) atoms. The number of aliphatic carboxylic acids is 1. The molecule has 1 rings (SSSR count). The van der Waals surface area contributed by atoms with E-state index in [2.05, 4.69) is 10.6 Å². The molecule has 10 nitrogen and oxygen atoms in total. The van der Waals surface area contributed by atoms with Gasteiger partial charge in [-0.05, 0) is 24.6 Å². The molecule has 10 heteroatoms. The zero-order valence-electron chi connectivity index (χ0n) is 14.1. The standard InChI is InChI=1S/C16H23N3O7/c1-8(21)13(19-14(23)11(17)7-20)15(24)18-12(16(25)26)6-9-2-4-10(22)5-3-9/h2-5,8,11-13,20-22H,6-7,17H2,1H3,(H,18,24)(H,19,23)(H,25,26). The highest BCUT2D eigenvalue weighted by Crippen LogP contribution is 2.11. The Morgan fingerprint density at radius 3 is 2.15 bits per heavy atom. The predicted molar refractivity (Wildman–Crippen MR) is 90.1 cm³/mol. The molecule has 0 aliphatic rings. The molecule has 4 unspecified atom stereocenters. The summed E-state index contributed by atoms with van der Waals surface area (Å²) in [6.45, 7) is 0.587. The van der Waals surface area contributed by atoms with E-state index in [1.54, 1.807) is 0 Å². The minimum absolute atomic E-state index is 0.0155. The lowest BCUT2D eigenvalue weighted by Gasteiger charge is -2.24. The molecule has 0 fully saturated rings. The normalized spacial score (nSPS) is 15.4. The monoisotopic (exact) mass is 369 g/mol. The molecular formula is C16H23N3O7. The van der Waals surface area contributed by atoms with Crippen LogP contribution in [0, 0.1) is 0 Å². The van der Waals surface area contributed by atoms with Crippen molar-refractivity contribution in [3.63, 3.8) is 0 Å². The molecule has 0 spiro atoms. The van der Waals surface area contributed by atoms with Crippen molar-refractivity contribution in [3.8, 4) is 5.75 Å². The van der Waals surface area contributed by atoms with Crippen LogP contribution in [0.4, 0.5) is 0 Å². The van der Waals surface area contributed by atoms with Gasteiger partial charge in [-0.3, -0.25) is 9.59 Å². The SMILES string of the molecule is CC(O)C(NC(=O)C(N)CO)C(=O)NC(Cc1ccc(O)cc1)C(=O)O. The number of phenols is 1. The number of nitrogens with two attached hydrogens (primary N) is 1. The molecule has 0 bridgehead atoms. The average Bonchev–Trinajstić information content (AvgIpc) is 2.59. The maximum absolute atomic E-state index is 12.3. The first-order valence-electron chi connectivity index (χ1n) is 7.81. The summed E-state index contributed by atoms with van der Waals surface area (Å²) < 4.78 is 0. The molecule has 2 amide bonds. The number of nitrogens with one attached hydrogen (secondary N) is 2. The summed E-state index contributed by atoms with van der Waals surface area (Å²) in [5, 5.41) is 41.5. The van der Waals surface area contributed by atoms with E-state index in [1.165, 1.54) is 31.2 Å². The van der Waals surface area contributed by atoms with Crippen molar-refractivity contribution < 1.29 is 34.8 Å². The fourth-order valence-corrected chi connectivity index (χ4v) is 2.08. The predicted octanol–water partition coefficient (Wildman–Crippen LogP) is -2.31. The molecule has 4 atom stereocenters. The number of amides is 2. The van der Waals surface area contributed by atoms with Gasteiger partial charge in [0.1, 0.15) is 23.9 Å². The van der Waals surface area contributed by atoms with Crippen LogP contribution in [-0.4, -0.2) is 69.0 Å². The molecule has 144 valence electrons. The van der Waals surface area contributed by atoms with Crippen molar-refractivity contribution in [2.75, 3.05) is 6.61 Å². The third-order valence-corrected chi connectivity index (χ3v) is 3.59. The summed E-state index contributed by atoms with van der Waals surface area (Å²) in [5.41, 5.74) is 5.89. The topological polar surface area (TPSA) is 182 Å². The highest BCUT2D eigenvalue weighted by Gasteiger charge is 2.30. The molecule has 0 heterocycles. The van der Waals surface area contributed by atoms with Gasteiger partial charge in [0.25, 0.3) is 0 Å². The Balaban J connectivity index is 2.83. The number of aromatic hydroxyl groups is 1. The second-order valence-corrected chi connectivity index (χ2v) is 5.79. The van der Waals surface area contributed by atoms with Gasteiger partial charge < -0.3 is 36.8 Å². The van der Waals surface area contributed by atoms with Crippen LogP contribution in [0.2, 0.25) is 0 Å². The van der Waals surface area contributed by atoms with Crippen LogP contribution in [0.25, 0.3) is 0 Å². The average molecular weight is 369 g/mol. The van der Waals surface area contributed by atoms with Crippen molar-refractivity contribution >= 4 is 17.8 Å². The number of phenolic OH excluding ortho intramolecular Hbond substituents is 1. The minimum Gasteiger partial charge on any atom is -0.508 e. The van der Waals surface area contributed by atoms with Crippen molar-refractivity contribution in [3.05, 3.63) is 29.8 Å². The van der Waals surface area contributed by atoms with Gasteiger partial charge in [-0.25, -0.2) is 4.79 Å². The summed E-state index contributed by atoms with van der Waals surface area (Å²) in [6.07, 6.45) is -1.40. The van der Waals surface area contributed by atoms with E-state index in [0.29, 0.717) is 5.56 Å². The number of carboxylic acid groups (broad SMARTS) is 1. The zero-order valence-corrected chi connectivity index (χ0v) is 14.1. The van der Waals surface area contributed by atoms with E-state index in [9.17, 15) is 29.7 Å². The summed E-state index contributed by atoms with van der Waals surface area (Å²) in [6, 6.07) is 1.72. The van der Waals surface area contributed by atoms with Gasteiger partial charge in [0.15, 0.2) is 0 Å². The van der Waals surface area contributed by atoms with Crippen molar-refractivity contribution in [2.45, 2.75) is 37.6 Å². The van der Waals surface area contributed by atoms with E-state index in [4.69, 9.17) is 10.8 Å². The van der Waals surface area contributed by atoms with Crippen LogP contribution in [0.5, 0.6) is 5.75 Å². The Labute approximate surface area is 149 Å². The number of rotatable bonds is 9. The first-order chi connectivity index (χ1) is 12.1. The number of benzene rings is 1. The van der Waals surface area contributed by atoms with Crippen molar-refractivity contribution in [1.29, 1.82) is 0 Å². The lowest BCUT2D eigenvalue weighted by Crippen LogP contribution is -2.58. The fraction of sp³-hybridized carbons (Fsp3) is 0.438. The first-order valence-corrected chi connectivity index (χ1v) is 7.81. The largest absolute Gasteiger partial charge is 0.508 e. The van der Waals surface area contributed by atoms with Gasteiger partial charge >= 0.3 is 5.97 Å². The quantitative estimate of drug-likeness (QED) is 0.253. The minimum atomic E-state index is -1.44. The summed E-state index contributed by atoms with van der Waals surface area (Å²) >= 11 is 0. The van der Waals surface area contributed by atoms with Crippen molar-refractivity contribution in [1.82, 2.24) is 10.6 Å². The van der Waals surface area contributed by atoms with Crippen LogP contribution in [-0.2, 0) is 20.8 Å². The highest BCUT2D eigenvalue weighted by atomic mass is 16.4. The Morgan fingerprint density at radius 1 is 1.12 bits per heavy atom. The first kappa shape index (κ1) is 21.4. The van der Waals surface area contributed by atoms with E-state index >= 15 is 0 Å². The van der Waals surface area contributed by atoms with Crippen LogP contribution in [0.1, 0.15) is 12.5 Å². The lowest BCUT2D eigenvalue weighted by molar-refractivity contribution is -0.142. The second kappa shape index (κ2) is 9.70. The van der Waals surface area contributed by atoms with Crippen LogP contribution in [0.15, 0.2) is 24.3 Å². The molecule has 0 aliphatic carbocycles. The summed E-state index contributed by atoms with van der Waals surface area (Å²) in [5.74, 6) is -3.07. The van der Waals surface area contributed by atoms with Gasteiger partial charge in [0.2, 0.25) is 11.8 Å². The molecule has 0 aliphatic heterocycles. The molecule has 0 radical (unpaired) electrons. The van der Waals surface area contributed by atoms with Crippen LogP contribution < -0.4 is 16.4 Å². The number of carboxylic acids is 1. The van der Waals surface area contributed by atoms with E-state index in [1.807, 2.05) is 0 Å². The Bertz CT molecular complexity index is 633. The Hall–Kier alpha value is -2.69. The smallest absolute Gasteiger partial charge is 0.326 e. The number of hydrogen-bond donors (Lipinski definition) is 7. The number of carbonyl (C=O) groups is 3. The van der Waals surface area contributed by atoms with E-state index in [0.717, 1.165) is 0 Å². The third kappa shape index (κ3) is 6.31. The number of aliphatic hydroxyl groups is 2. The molecule has 0 saturated heterocycles. The van der Waals surface area contributed by atoms with E-state index < -0.39 is 48.6 Å². The lowest BCUT2D eigenvalue weighted by atomic mass is 10.0. The molecular weight excluding hydrogens is 346 g/mol. The van der Waals surface area contributed by atoms with Gasteiger partial charge in [-0.1, -0.05) is 12.1 Å². The number of carbonyl (C=O) groups excluding carboxylic acids is 2. The third-order valence-electron chi connectivity index (χ3n) is 3.59. The Kier molecular flexibility index (Phi) is 7.97. The summed E-state index contributed by atoms with van der Waals surface area (Å²) in [7, 11) is 0. The Morgan fingerprint density at radius 2 is 1.69 bits per heavy atom. The van der Waals surface area contributed by atoms with Crippen LogP contribution >= 0.6 is 0 Å². The van der Waals surface area contributed by atoms with Gasteiger partial charge in [0, 0.05) is 6.42 Å². The number of hydrogen-bond acceptors (Lipinski definition) is 7. The zero-order chi connectivity index (χ0) is 19.9. The number of aliphatic hydroxyl groups excluding tert-OH is 2. The van der Waals surface area contributed by atoms with E-state index in [-0.39, 0.29) is 12.2 Å². The summed E-state index contributed by atoms with van der Waals surface area (Å²) in [4.78, 5) is 35.4. The second-order valence-electron chi connectivity index (χ2n) is 5.79. The maximum atomic E-state index is 12.3. The molecule has 1 aromatic carbocycles. The van der Waals surface area contributed by atoms with Crippen LogP contribution in [0.3, 0.4) is 0 Å². The molecule has 1 aromatic rings. The van der Waals surface area contributed by atoms with Gasteiger partial charge in [0.05, 0.1) is 12.7 Å². The molecule has 8 N–H and O–H groups in total. The highest BCUT2D eigenvalue weighted by molar-refractivity contribution is 5.92. The fourth-order valence-electron chi connectivity index (χ4n) is 2.08.